The van der Waals surface area contributed by atoms with Gasteiger partial charge in [-0.05, 0) is 68.5 Å². The maximum atomic E-state index is 13.3. The molecule has 1 amide bonds. The molecule has 5 nitrogen and oxygen atoms in total. The van der Waals surface area contributed by atoms with Crippen LogP contribution in [0.4, 0.5) is 5.69 Å². The van der Waals surface area contributed by atoms with Crippen molar-refractivity contribution in [3.05, 3.63) is 94.5 Å². The van der Waals surface area contributed by atoms with Gasteiger partial charge in [0.15, 0.2) is 0 Å². The molecule has 0 saturated carbocycles. The number of nitrogens with one attached hydrogen (secondary N) is 2. The number of hydrogen-bond donors (Lipinski definition) is 2. The van der Waals surface area contributed by atoms with E-state index in [1.165, 1.54) is 0 Å². The van der Waals surface area contributed by atoms with Crippen molar-refractivity contribution < 1.29 is 13.2 Å². The van der Waals surface area contributed by atoms with Crippen molar-refractivity contribution in [3.8, 4) is 0 Å². The molecule has 0 heterocycles. The molecule has 0 aliphatic heterocycles. The van der Waals surface area contributed by atoms with E-state index in [1.807, 2.05) is 74.5 Å². The third-order valence-corrected chi connectivity index (χ3v) is 6.83. The number of sulfonamides is 1. The van der Waals surface area contributed by atoms with Gasteiger partial charge in [0.25, 0.3) is 0 Å². The SMILES string of the molecule is Cc1cccc(NC(=O)[C@@H](Cc2ccccc2)NS(=O)(=O)c2c(C)cc(C)cc2C)c1. The molecule has 3 aromatic rings. The summed E-state index contributed by atoms with van der Waals surface area (Å²) >= 11 is 0. The highest BCUT2D eigenvalue weighted by Gasteiger charge is 2.28. The molecule has 1 atom stereocenters. The largest absolute Gasteiger partial charge is 0.325 e. The van der Waals surface area contributed by atoms with Gasteiger partial charge in [-0.2, -0.15) is 4.72 Å². The van der Waals surface area contributed by atoms with Crippen molar-refractivity contribution >= 4 is 21.6 Å². The molecule has 3 aromatic carbocycles. The number of amides is 1. The molecule has 0 aliphatic rings. The highest BCUT2D eigenvalue weighted by atomic mass is 32.2. The summed E-state index contributed by atoms with van der Waals surface area (Å²) in [5, 5.41) is 2.85. The fraction of sp³-hybridized carbons (Fsp3) is 0.240. The molecule has 0 unspecified atom stereocenters. The monoisotopic (exact) mass is 436 g/mol. The second-order valence-electron chi connectivity index (χ2n) is 7.95. The van der Waals surface area contributed by atoms with Crippen LogP contribution < -0.4 is 10.0 Å². The average Bonchev–Trinajstić information content (AvgIpc) is 2.67. The number of carbonyl (C=O) groups excluding carboxylic acids is 1. The predicted octanol–water partition coefficient (Wildman–Crippen LogP) is 4.45. The zero-order valence-electron chi connectivity index (χ0n) is 18.3. The summed E-state index contributed by atoms with van der Waals surface area (Å²) in [7, 11) is -3.91. The third kappa shape index (κ3) is 5.81. The fourth-order valence-electron chi connectivity index (χ4n) is 3.83. The second kappa shape index (κ2) is 9.45. The van der Waals surface area contributed by atoms with Crippen LogP contribution in [-0.2, 0) is 21.2 Å². The van der Waals surface area contributed by atoms with Gasteiger partial charge >= 0.3 is 0 Å². The minimum absolute atomic E-state index is 0.222. The fourth-order valence-corrected chi connectivity index (χ4v) is 5.48. The molecule has 0 aromatic heterocycles. The van der Waals surface area contributed by atoms with Crippen LogP contribution in [0.25, 0.3) is 0 Å². The molecule has 0 bridgehead atoms. The Morgan fingerprint density at radius 1 is 0.839 bits per heavy atom. The molecule has 3 rings (SSSR count). The standard InChI is InChI=1S/C25H28N2O3S/c1-17-9-8-12-22(15-17)26-25(28)23(16-21-10-6-5-7-11-21)27-31(29,30)24-19(3)13-18(2)14-20(24)4/h5-15,23,27H,16H2,1-4H3,(H,26,28)/t23-/m1/s1. The van der Waals surface area contributed by atoms with E-state index < -0.39 is 22.0 Å². The highest BCUT2D eigenvalue weighted by molar-refractivity contribution is 7.89. The minimum Gasteiger partial charge on any atom is -0.325 e. The van der Waals surface area contributed by atoms with Crippen LogP contribution in [0.3, 0.4) is 0 Å². The van der Waals surface area contributed by atoms with Crippen LogP contribution in [-0.4, -0.2) is 20.4 Å². The van der Waals surface area contributed by atoms with E-state index in [2.05, 4.69) is 10.0 Å². The number of aryl methyl sites for hydroxylation is 4. The van der Waals surface area contributed by atoms with Crippen LogP contribution in [0.2, 0.25) is 0 Å². The van der Waals surface area contributed by atoms with Crippen LogP contribution in [0.15, 0.2) is 71.6 Å². The van der Waals surface area contributed by atoms with Gasteiger partial charge in [-0.1, -0.05) is 60.2 Å². The van der Waals surface area contributed by atoms with E-state index in [1.54, 1.807) is 19.9 Å². The zero-order valence-corrected chi connectivity index (χ0v) is 19.1. The summed E-state index contributed by atoms with van der Waals surface area (Å²) in [6.45, 7) is 7.40. The highest BCUT2D eigenvalue weighted by Crippen LogP contribution is 2.22. The molecule has 0 aliphatic carbocycles. The smallest absolute Gasteiger partial charge is 0.242 e. The summed E-state index contributed by atoms with van der Waals surface area (Å²) in [6, 6.07) is 19.5. The van der Waals surface area contributed by atoms with Crippen molar-refractivity contribution in [2.75, 3.05) is 5.32 Å². The van der Waals surface area contributed by atoms with Crippen molar-refractivity contribution in [2.24, 2.45) is 0 Å². The minimum atomic E-state index is -3.91. The van der Waals surface area contributed by atoms with E-state index in [-0.39, 0.29) is 11.3 Å². The van der Waals surface area contributed by atoms with Gasteiger partial charge in [0, 0.05) is 5.69 Å². The van der Waals surface area contributed by atoms with Gasteiger partial charge in [0.2, 0.25) is 15.9 Å². The van der Waals surface area contributed by atoms with E-state index in [4.69, 9.17) is 0 Å². The Morgan fingerprint density at radius 2 is 1.48 bits per heavy atom. The first-order valence-electron chi connectivity index (χ1n) is 10.2. The second-order valence-corrected chi connectivity index (χ2v) is 9.60. The normalized spacial score (nSPS) is 12.4. The van der Waals surface area contributed by atoms with Gasteiger partial charge in [0.1, 0.15) is 6.04 Å². The Balaban J connectivity index is 1.93. The Bertz CT molecular complexity index is 1170. The molecule has 0 fully saturated rings. The average molecular weight is 437 g/mol. The molecule has 31 heavy (non-hydrogen) atoms. The molecule has 6 heteroatoms. The van der Waals surface area contributed by atoms with Crippen molar-refractivity contribution in [3.63, 3.8) is 0 Å². The summed E-state index contributed by atoms with van der Waals surface area (Å²) in [5.74, 6) is -0.402. The molecule has 0 radical (unpaired) electrons. The molecule has 162 valence electrons. The number of rotatable bonds is 7. The van der Waals surface area contributed by atoms with Gasteiger partial charge in [-0.25, -0.2) is 8.42 Å². The third-order valence-electron chi connectivity index (χ3n) is 5.06. The van der Waals surface area contributed by atoms with Gasteiger partial charge < -0.3 is 5.32 Å². The Labute approximate surface area is 184 Å². The van der Waals surface area contributed by atoms with E-state index in [0.717, 1.165) is 16.7 Å². The maximum absolute atomic E-state index is 13.3. The Morgan fingerprint density at radius 3 is 2.10 bits per heavy atom. The topological polar surface area (TPSA) is 75.3 Å². The van der Waals surface area contributed by atoms with Crippen LogP contribution in [0.1, 0.15) is 27.8 Å². The Kier molecular flexibility index (Phi) is 6.93. The van der Waals surface area contributed by atoms with Crippen molar-refractivity contribution in [2.45, 2.75) is 45.1 Å². The summed E-state index contributed by atoms with van der Waals surface area (Å²) in [6.07, 6.45) is 0.238. The lowest BCUT2D eigenvalue weighted by atomic mass is 10.1. The van der Waals surface area contributed by atoms with E-state index in [0.29, 0.717) is 16.8 Å². The van der Waals surface area contributed by atoms with Crippen LogP contribution in [0, 0.1) is 27.7 Å². The number of benzene rings is 3. The van der Waals surface area contributed by atoms with Gasteiger partial charge in [-0.3, -0.25) is 4.79 Å². The van der Waals surface area contributed by atoms with E-state index >= 15 is 0 Å². The summed E-state index contributed by atoms with van der Waals surface area (Å²) in [4.78, 5) is 13.3. The van der Waals surface area contributed by atoms with Crippen molar-refractivity contribution in [1.82, 2.24) is 4.72 Å². The van der Waals surface area contributed by atoms with E-state index in [9.17, 15) is 13.2 Å². The first-order valence-corrected chi connectivity index (χ1v) is 11.7. The van der Waals surface area contributed by atoms with Crippen molar-refractivity contribution in [1.29, 1.82) is 0 Å². The van der Waals surface area contributed by atoms with Gasteiger partial charge in [-0.15, -0.1) is 0 Å². The van der Waals surface area contributed by atoms with Crippen LogP contribution in [0.5, 0.6) is 0 Å². The quantitative estimate of drug-likeness (QED) is 0.575. The number of anilines is 1. The zero-order chi connectivity index (χ0) is 22.6. The van der Waals surface area contributed by atoms with Crippen LogP contribution >= 0.6 is 0 Å². The molecular formula is C25H28N2O3S. The lowest BCUT2D eigenvalue weighted by molar-refractivity contribution is -0.117. The summed E-state index contributed by atoms with van der Waals surface area (Å²) in [5.41, 5.74) is 4.80. The lowest BCUT2D eigenvalue weighted by Gasteiger charge is -2.21. The number of hydrogen-bond acceptors (Lipinski definition) is 3. The molecule has 0 spiro atoms. The molecule has 0 saturated heterocycles. The predicted molar refractivity (Wildman–Crippen MR) is 125 cm³/mol. The first kappa shape index (κ1) is 22.7. The number of carbonyl (C=O) groups is 1. The molecular weight excluding hydrogens is 408 g/mol. The van der Waals surface area contributed by atoms with Gasteiger partial charge in [0.05, 0.1) is 4.90 Å². The lowest BCUT2D eigenvalue weighted by Crippen LogP contribution is -2.45. The Hall–Kier alpha value is -2.96. The first-order chi connectivity index (χ1) is 14.7. The summed E-state index contributed by atoms with van der Waals surface area (Å²) < 4.78 is 29.3. The molecule has 2 N–H and O–H groups in total. The maximum Gasteiger partial charge on any atom is 0.242 e.